The Morgan fingerprint density at radius 2 is 2.03 bits per heavy atom. The molecule has 166 valence electrons. The number of carbonyl (C=O) groups is 2. The lowest BCUT2D eigenvalue weighted by molar-refractivity contribution is -0.138. The molecule has 0 saturated heterocycles. The molecule has 1 aliphatic carbocycles. The van der Waals surface area contributed by atoms with Gasteiger partial charge in [-0.2, -0.15) is 0 Å². The molecule has 1 atom stereocenters. The summed E-state index contributed by atoms with van der Waals surface area (Å²) in [7, 11) is 0. The molecule has 3 rings (SSSR count). The van der Waals surface area contributed by atoms with Gasteiger partial charge in [-0.3, -0.25) is 4.79 Å². The van der Waals surface area contributed by atoms with Crippen molar-refractivity contribution in [1.82, 2.24) is 5.32 Å². The largest absolute Gasteiger partial charge is 0.493 e. The second-order valence-corrected chi connectivity index (χ2v) is 9.06. The smallest absolute Gasteiger partial charge is 0.337 e. The van der Waals surface area contributed by atoms with Gasteiger partial charge in [-0.1, -0.05) is 58.0 Å². The Labute approximate surface area is 185 Å². The van der Waals surface area contributed by atoms with E-state index >= 15 is 0 Å². The van der Waals surface area contributed by atoms with E-state index in [1.54, 1.807) is 6.08 Å². The number of ketones is 1. The molecule has 1 aromatic carbocycles. The molecule has 0 radical (unpaired) electrons. The molecule has 1 aromatic rings. The molecule has 2 aliphatic rings. The van der Waals surface area contributed by atoms with Crippen molar-refractivity contribution >= 4 is 11.8 Å². The normalized spacial score (nSPS) is 20.1. The Bertz CT molecular complexity index is 938. The number of rotatable bonds is 8. The number of carbonyl (C=O) groups excluding carboxylic acids is 2. The van der Waals surface area contributed by atoms with Gasteiger partial charge in [-0.05, 0) is 31.2 Å². The maximum Gasteiger partial charge on any atom is 0.337 e. The lowest BCUT2D eigenvalue weighted by Gasteiger charge is -2.39. The molecule has 1 N–H and O–H groups in total. The first kappa shape index (κ1) is 22.9. The minimum Gasteiger partial charge on any atom is -0.493 e. The molecule has 1 aliphatic heterocycles. The van der Waals surface area contributed by atoms with Crippen LogP contribution in [0.5, 0.6) is 5.75 Å². The maximum absolute atomic E-state index is 13.4. The number of allylic oxidation sites excluding steroid dienone is 3. The molecule has 0 amide bonds. The summed E-state index contributed by atoms with van der Waals surface area (Å²) in [6.45, 7) is 12.5. The Kier molecular flexibility index (Phi) is 7.04. The molecule has 1 heterocycles. The summed E-state index contributed by atoms with van der Waals surface area (Å²) in [6.07, 6.45) is 4.69. The number of dihydropyridines is 1. The van der Waals surface area contributed by atoms with Gasteiger partial charge in [0.15, 0.2) is 5.78 Å². The van der Waals surface area contributed by atoms with E-state index in [9.17, 15) is 9.59 Å². The van der Waals surface area contributed by atoms with Gasteiger partial charge in [0.05, 0.1) is 18.1 Å². The van der Waals surface area contributed by atoms with Gasteiger partial charge in [-0.15, -0.1) is 0 Å². The highest BCUT2D eigenvalue weighted by atomic mass is 16.5. The van der Waals surface area contributed by atoms with E-state index in [4.69, 9.17) is 9.47 Å². The number of nitrogens with one attached hydrogen (secondary N) is 1. The van der Waals surface area contributed by atoms with Crippen LogP contribution < -0.4 is 10.1 Å². The summed E-state index contributed by atoms with van der Waals surface area (Å²) in [5.74, 6) is -0.194. The fraction of sp³-hybridized carbons (Fsp3) is 0.462. The van der Waals surface area contributed by atoms with Crippen molar-refractivity contribution in [2.24, 2.45) is 5.41 Å². The van der Waals surface area contributed by atoms with Crippen LogP contribution in [0.1, 0.15) is 64.9 Å². The average molecular weight is 424 g/mol. The van der Waals surface area contributed by atoms with Crippen LogP contribution in [0.4, 0.5) is 0 Å². The second-order valence-electron chi connectivity index (χ2n) is 9.06. The topological polar surface area (TPSA) is 64.6 Å². The van der Waals surface area contributed by atoms with Crippen LogP contribution in [0, 0.1) is 5.41 Å². The third-order valence-corrected chi connectivity index (χ3v) is 5.78. The molecular weight excluding hydrogens is 390 g/mol. The van der Waals surface area contributed by atoms with Crippen LogP contribution in [0.2, 0.25) is 0 Å². The first-order valence-corrected chi connectivity index (χ1v) is 11.0. The quantitative estimate of drug-likeness (QED) is 0.354. The highest BCUT2D eigenvalue weighted by Crippen LogP contribution is 2.48. The predicted octanol–water partition coefficient (Wildman–Crippen LogP) is 5.20. The van der Waals surface area contributed by atoms with Gasteiger partial charge in [0.25, 0.3) is 0 Å². The van der Waals surface area contributed by atoms with Crippen molar-refractivity contribution in [2.75, 3.05) is 13.2 Å². The van der Waals surface area contributed by atoms with E-state index in [1.165, 1.54) is 0 Å². The number of benzene rings is 1. The molecule has 5 heteroatoms. The van der Waals surface area contributed by atoms with Crippen molar-refractivity contribution in [2.45, 2.75) is 59.3 Å². The number of ether oxygens (including phenoxy) is 2. The van der Waals surface area contributed by atoms with Crippen LogP contribution in [0.3, 0.4) is 0 Å². The molecule has 5 nitrogen and oxygen atoms in total. The summed E-state index contributed by atoms with van der Waals surface area (Å²) >= 11 is 0. The van der Waals surface area contributed by atoms with E-state index in [0.717, 1.165) is 30.5 Å². The first-order valence-electron chi connectivity index (χ1n) is 11.0. The monoisotopic (exact) mass is 423 g/mol. The van der Waals surface area contributed by atoms with Crippen molar-refractivity contribution in [1.29, 1.82) is 0 Å². The summed E-state index contributed by atoms with van der Waals surface area (Å²) in [4.78, 5) is 26.4. The SMILES string of the molecule is C=CCOC(=O)C1=C(C)NC2=C(C(=O)CC(C)(C)C2)[C@H]1c1ccccc1OCCCC. The van der Waals surface area contributed by atoms with Gasteiger partial charge < -0.3 is 14.8 Å². The van der Waals surface area contributed by atoms with Crippen LogP contribution in [0.15, 0.2) is 59.5 Å². The number of Topliss-reactive ketones (excluding diaryl/α,β-unsaturated/α-hetero) is 1. The molecule has 31 heavy (non-hydrogen) atoms. The summed E-state index contributed by atoms with van der Waals surface area (Å²) in [5, 5.41) is 3.35. The minimum absolute atomic E-state index is 0.0635. The standard InChI is InChI=1S/C26H33NO4/c1-6-8-14-30-21-12-10-9-11-18(21)23-22(25(29)31-13-7-2)17(3)27-19-15-26(4,5)16-20(28)24(19)23/h7,9-12,23,27H,2,6,8,13-16H2,1,3-5H3/t23-/m0/s1. The van der Waals surface area contributed by atoms with E-state index in [-0.39, 0.29) is 17.8 Å². The summed E-state index contributed by atoms with van der Waals surface area (Å²) in [6, 6.07) is 7.69. The third-order valence-electron chi connectivity index (χ3n) is 5.78. The zero-order valence-electron chi connectivity index (χ0n) is 19.0. The van der Waals surface area contributed by atoms with Gasteiger partial charge in [0.2, 0.25) is 0 Å². The van der Waals surface area contributed by atoms with Crippen molar-refractivity contribution in [3.05, 3.63) is 65.0 Å². The Morgan fingerprint density at radius 3 is 2.74 bits per heavy atom. The van der Waals surface area contributed by atoms with Gasteiger partial charge in [0.1, 0.15) is 12.4 Å². The van der Waals surface area contributed by atoms with Crippen LogP contribution in [-0.2, 0) is 14.3 Å². The molecule has 0 aromatic heterocycles. The first-order chi connectivity index (χ1) is 14.8. The Hall–Kier alpha value is -2.82. The number of hydrogen-bond donors (Lipinski definition) is 1. The predicted molar refractivity (Wildman–Crippen MR) is 122 cm³/mol. The van der Waals surface area contributed by atoms with Gasteiger partial charge >= 0.3 is 5.97 Å². The average Bonchev–Trinajstić information content (AvgIpc) is 2.70. The van der Waals surface area contributed by atoms with Crippen molar-refractivity contribution in [3.8, 4) is 5.75 Å². The van der Waals surface area contributed by atoms with E-state index in [2.05, 4.69) is 32.7 Å². The third kappa shape index (κ3) is 4.92. The summed E-state index contributed by atoms with van der Waals surface area (Å²) < 4.78 is 11.5. The highest BCUT2D eigenvalue weighted by molar-refractivity contribution is 6.04. The minimum atomic E-state index is -0.519. The van der Waals surface area contributed by atoms with Gasteiger partial charge in [-0.25, -0.2) is 4.79 Å². The number of esters is 1. The molecule has 0 fully saturated rings. The maximum atomic E-state index is 13.4. The fourth-order valence-corrected chi connectivity index (χ4v) is 4.41. The van der Waals surface area contributed by atoms with Crippen LogP contribution in [-0.4, -0.2) is 25.0 Å². The number of hydrogen-bond acceptors (Lipinski definition) is 5. The molecule has 0 bridgehead atoms. The zero-order chi connectivity index (χ0) is 22.6. The lowest BCUT2D eigenvalue weighted by Crippen LogP contribution is -2.38. The van der Waals surface area contributed by atoms with E-state index in [1.807, 2.05) is 31.2 Å². The summed E-state index contributed by atoms with van der Waals surface area (Å²) in [5.41, 5.74) is 3.41. The van der Waals surface area contributed by atoms with Crippen molar-refractivity contribution in [3.63, 3.8) is 0 Å². The second kappa shape index (κ2) is 9.54. The van der Waals surface area contributed by atoms with Crippen molar-refractivity contribution < 1.29 is 19.1 Å². The Balaban J connectivity index is 2.14. The molecule has 0 saturated carbocycles. The van der Waals surface area contributed by atoms with E-state index in [0.29, 0.717) is 35.6 Å². The Morgan fingerprint density at radius 1 is 1.29 bits per heavy atom. The zero-order valence-corrected chi connectivity index (χ0v) is 19.0. The highest BCUT2D eigenvalue weighted by Gasteiger charge is 2.43. The molecular formula is C26H33NO4. The van der Waals surface area contributed by atoms with E-state index < -0.39 is 11.9 Å². The fourth-order valence-electron chi connectivity index (χ4n) is 4.41. The molecule has 0 spiro atoms. The number of unbranched alkanes of at least 4 members (excludes halogenated alkanes) is 1. The number of para-hydroxylation sites is 1. The molecule has 0 unspecified atom stereocenters. The van der Waals surface area contributed by atoms with Crippen LogP contribution in [0.25, 0.3) is 0 Å². The van der Waals surface area contributed by atoms with Crippen LogP contribution >= 0.6 is 0 Å². The lowest BCUT2D eigenvalue weighted by atomic mass is 9.68. The van der Waals surface area contributed by atoms with Gasteiger partial charge in [0, 0.05) is 29.0 Å².